The summed E-state index contributed by atoms with van der Waals surface area (Å²) in [6.45, 7) is 4.57. The van der Waals surface area contributed by atoms with Gasteiger partial charge in [0.25, 0.3) is 0 Å². The lowest BCUT2D eigenvalue weighted by molar-refractivity contribution is -0.136. The fourth-order valence-electron chi connectivity index (χ4n) is 3.16. The molecular weight excluding hydrogens is 314 g/mol. The van der Waals surface area contributed by atoms with Crippen molar-refractivity contribution in [2.45, 2.75) is 32.6 Å². The van der Waals surface area contributed by atoms with E-state index in [9.17, 15) is 9.59 Å². The molecule has 1 aliphatic rings. The molecule has 0 radical (unpaired) electrons. The molecule has 1 aromatic carbocycles. The van der Waals surface area contributed by atoms with E-state index in [0.29, 0.717) is 19.6 Å². The van der Waals surface area contributed by atoms with Gasteiger partial charge in [-0.2, -0.15) is 0 Å². The van der Waals surface area contributed by atoms with Crippen molar-refractivity contribution in [3.63, 3.8) is 0 Å². The average molecular weight is 343 g/mol. The van der Waals surface area contributed by atoms with Crippen LogP contribution in [0.2, 0.25) is 0 Å². The molecule has 3 amide bonds. The Hall–Kier alpha value is -2.30. The molecule has 1 saturated heterocycles. The van der Waals surface area contributed by atoms with Gasteiger partial charge in [-0.1, -0.05) is 55.8 Å². The highest BCUT2D eigenvalue weighted by Gasteiger charge is 2.30. The van der Waals surface area contributed by atoms with Crippen LogP contribution < -0.4 is 5.73 Å². The molecule has 5 heteroatoms. The summed E-state index contributed by atoms with van der Waals surface area (Å²) in [5.41, 5.74) is 6.51. The number of benzene rings is 1. The Morgan fingerprint density at radius 2 is 2.08 bits per heavy atom. The molecule has 2 N–H and O–H groups in total. The van der Waals surface area contributed by atoms with Gasteiger partial charge in [-0.25, -0.2) is 4.79 Å². The van der Waals surface area contributed by atoms with Gasteiger partial charge in [0.2, 0.25) is 5.91 Å². The van der Waals surface area contributed by atoms with Crippen molar-refractivity contribution < 1.29 is 9.59 Å². The first-order chi connectivity index (χ1) is 12.1. The summed E-state index contributed by atoms with van der Waals surface area (Å²) in [6, 6.07) is 9.64. The van der Waals surface area contributed by atoms with Crippen LogP contribution in [0.15, 0.2) is 36.4 Å². The molecule has 0 aliphatic carbocycles. The molecule has 0 spiro atoms. The van der Waals surface area contributed by atoms with Crippen molar-refractivity contribution in [1.82, 2.24) is 9.80 Å². The molecule has 136 valence electrons. The van der Waals surface area contributed by atoms with Gasteiger partial charge in [-0.05, 0) is 24.8 Å². The average Bonchev–Trinajstić information content (AvgIpc) is 2.65. The van der Waals surface area contributed by atoms with E-state index in [1.165, 1.54) is 0 Å². The van der Waals surface area contributed by atoms with Crippen molar-refractivity contribution in [1.29, 1.82) is 0 Å². The minimum absolute atomic E-state index is 0.136. The van der Waals surface area contributed by atoms with Crippen LogP contribution in [0.5, 0.6) is 0 Å². The quantitative estimate of drug-likeness (QED) is 0.826. The maximum absolute atomic E-state index is 12.9. The monoisotopic (exact) mass is 343 g/mol. The van der Waals surface area contributed by atoms with Crippen LogP contribution in [-0.4, -0.2) is 47.9 Å². The number of carbonyl (C=O) groups excluding carboxylic acids is 2. The number of urea groups is 1. The van der Waals surface area contributed by atoms with Crippen molar-refractivity contribution in [3.8, 4) is 0 Å². The molecule has 25 heavy (non-hydrogen) atoms. The van der Waals surface area contributed by atoms with Gasteiger partial charge < -0.3 is 15.5 Å². The number of piperidine rings is 1. The van der Waals surface area contributed by atoms with Gasteiger partial charge in [0, 0.05) is 26.2 Å². The second kappa shape index (κ2) is 9.87. The van der Waals surface area contributed by atoms with Crippen LogP contribution >= 0.6 is 0 Å². The van der Waals surface area contributed by atoms with Crippen LogP contribution in [0, 0.1) is 5.92 Å². The Kier molecular flexibility index (Phi) is 7.51. The fraction of sp³-hybridized carbons (Fsp3) is 0.500. The first kappa shape index (κ1) is 19.0. The Bertz CT molecular complexity index is 586. The molecule has 1 atom stereocenters. The fourth-order valence-corrected chi connectivity index (χ4v) is 3.16. The molecule has 2 rings (SSSR count). The van der Waals surface area contributed by atoms with Gasteiger partial charge in [0.15, 0.2) is 0 Å². The normalized spacial score (nSPS) is 17.6. The second-order valence-corrected chi connectivity index (χ2v) is 6.57. The summed E-state index contributed by atoms with van der Waals surface area (Å²) < 4.78 is 0. The zero-order chi connectivity index (χ0) is 18.1. The van der Waals surface area contributed by atoms with Crippen LogP contribution in [0.1, 0.15) is 38.2 Å². The van der Waals surface area contributed by atoms with Crippen molar-refractivity contribution in [2.24, 2.45) is 11.7 Å². The number of nitrogens with two attached hydrogens (primary N) is 1. The van der Waals surface area contributed by atoms with E-state index in [-0.39, 0.29) is 11.8 Å². The van der Waals surface area contributed by atoms with E-state index in [4.69, 9.17) is 5.73 Å². The van der Waals surface area contributed by atoms with E-state index in [2.05, 4.69) is 6.92 Å². The van der Waals surface area contributed by atoms with Crippen LogP contribution in [0.4, 0.5) is 4.79 Å². The standard InChI is InChI=1S/C20H29N3O2/c1-2-3-13-22(14-7-11-17-9-5-4-6-10-17)19(24)18-12-8-15-23(16-18)20(21)25/h4-7,9-11,18H,2-3,8,12-16H2,1H3,(H2,21,25)/b11-7+/t18-/m1/s1. The SMILES string of the molecule is CCCCN(C/C=C/c1ccccc1)C(=O)[C@@H]1CCCN(C(N)=O)C1. The number of hydrogen-bond acceptors (Lipinski definition) is 2. The number of unbranched alkanes of at least 4 members (excludes halogenated alkanes) is 1. The number of carbonyl (C=O) groups is 2. The topological polar surface area (TPSA) is 66.6 Å². The Morgan fingerprint density at radius 1 is 1.32 bits per heavy atom. The molecular formula is C20H29N3O2. The number of amides is 3. The second-order valence-electron chi connectivity index (χ2n) is 6.57. The summed E-state index contributed by atoms with van der Waals surface area (Å²) in [7, 11) is 0. The Morgan fingerprint density at radius 3 is 2.76 bits per heavy atom. The number of rotatable bonds is 7. The maximum atomic E-state index is 12.9. The smallest absolute Gasteiger partial charge is 0.314 e. The molecule has 0 bridgehead atoms. The van der Waals surface area contributed by atoms with Crippen molar-refractivity contribution in [2.75, 3.05) is 26.2 Å². The van der Waals surface area contributed by atoms with E-state index in [1.807, 2.05) is 47.4 Å². The molecule has 1 heterocycles. The third-order valence-electron chi connectivity index (χ3n) is 4.61. The summed E-state index contributed by atoms with van der Waals surface area (Å²) in [5, 5.41) is 0. The van der Waals surface area contributed by atoms with Crippen molar-refractivity contribution >= 4 is 18.0 Å². The predicted octanol–water partition coefficient (Wildman–Crippen LogP) is 3.12. The van der Waals surface area contributed by atoms with Gasteiger partial charge in [0.1, 0.15) is 0 Å². The van der Waals surface area contributed by atoms with E-state index >= 15 is 0 Å². The molecule has 0 unspecified atom stereocenters. The third-order valence-corrected chi connectivity index (χ3v) is 4.61. The van der Waals surface area contributed by atoms with Crippen molar-refractivity contribution in [3.05, 3.63) is 42.0 Å². The number of likely N-dealkylation sites (tertiary alicyclic amines) is 1. The predicted molar refractivity (Wildman–Crippen MR) is 101 cm³/mol. The minimum Gasteiger partial charge on any atom is -0.351 e. The zero-order valence-electron chi connectivity index (χ0n) is 15.1. The third kappa shape index (κ3) is 5.93. The first-order valence-electron chi connectivity index (χ1n) is 9.16. The number of nitrogens with zero attached hydrogens (tertiary/aromatic N) is 2. The summed E-state index contributed by atoms with van der Waals surface area (Å²) in [5.74, 6) is 0.000318. The lowest BCUT2D eigenvalue weighted by Gasteiger charge is -2.34. The Labute approximate surface area is 150 Å². The highest BCUT2D eigenvalue weighted by Crippen LogP contribution is 2.19. The zero-order valence-corrected chi connectivity index (χ0v) is 15.1. The van der Waals surface area contributed by atoms with Crippen LogP contribution in [0.25, 0.3) is 6.08 Å². The van der Waals surface area contributed by atoms with Crippen LogP contribution in [-0.2, 0) is 4.79 Å². The minimum atomic E-state index is -0.429. The molecule has 5 nitrogen and oxygen atoms in total. The van der Waals surface area contributed by atoms with E-state index in [1.54, 1.807) is 4.90 Å². The molecule has 1 aliphatic heterocycles. The number of primary amides is 1. The van der Waals surface area contributed by atoms with E-state index < -0.39 is 6.03 Å². The van der Waals surface area contributed by atoms with E-state index in [0.717, 1.165) is 37.8 Å². The number of hydrogen-bond donors (Lipinski definition) is 1. The van der Waals surface area contributed by atoms with Gasteiger partial charge in [-0.3, -0.25) is 4.79 Å². The van der Waals surface area contributed by atoms with Gasteiger partial charge in [0.05, 0.1) is 5.92 Å². The summed E-state index contributed by atoms with van der Waals surface area (Å²) in [4.78, 5) is 27.8. The Balaban J connectivity index is 1.98. The highest BCUT2D eigenvalue weighted by atomic mass is 16.2. The largest absolute Gasteiger partial charge is 0.351 e. The van der Waals surface area contributed by atoms with Crippen LogP contribution in [0.3, 0.4) is 0 Å². The maximum Gasteiger partial charge on any atom is 0.314 e. The molecule has 0 aromatic heterocycles. The van der Waals surface area contributed by atoms with Gasteiger partial charge in [-0.15, -0.1) is 0 Å². The first-order valence-corrected chi connectivity index (χ1v) is 9.16. The highest BCUT2D eigenvalue weighted by molar-refractivity contribution is 5.81. The molecule has 0 saturated carbocycles. The lowest BCUT2D eigenvalue weighted by Crippen LogP contribution is -2.48. The lowest BCUT2D eigenvalue weighted by atomic mass is 9.96. The molecule has 1 aromatic rings. The molecule has 1 fully saturated rings. The summed E-state index contributed by atoms with van der Waals surface area (Å²) >= 11 is 0. The van der Waals surface area contributed by atoms with Gasteiger partial charge >= 0.3 is 6.03 Å². The summed E-state index contributed by atoms with van der Waals surface area (Å²) in [6.07, 6.45) is 7.77.